The SMILES string of the molecule is CC/C=C\C/C=C\C/C=C\C/C=C\C/C=C\CCCCCCCC(=O)OCC(COC(=O)CCCCCCC/C=C\C/C=C\C/C=C\CC)OC(=O)CCCCCCCCCC/C=C\C/C=C\C/C=C\C/C=C\CC. The van der Waals surface area contributed by atoms with Gasteiger partial charge in [0.15, 0.2) is 6.10 Å². The zero-order valence-electron chi connectivity index (χ0n) is 48.3. The lowest BCUT2D eigenvalue weighted by atomic mass is 10.1. The van der Waals surface area contributed by atoms with Gasteiger partial charge in [-0.1, -0.05) is 244 Å². The smallest absolute Gasteiger partial charge is 0.306 e. The fraction of sp³-hybridized carbons (Fsp3) is 0.609. The third kappa shape index (κ3) is 60.0. The number of carbonyl (C=O) groups excluding carboxylic acids is 3. The van der Waals surface area contributed by atoms with Crippen molar-refractivity contribution in [2.24, 2.45) is 0 Å². The minimum atomic E-state index is -0.806. The van der Waals surface area contributed by atoms with Crippen LogP contribution in [0.25, 0.3) is 0 Å². The lowest BCUT2D eigenvalue weighted by Crippen LogP contribution is -2.30. The lowest BCUT2D eigenvalue weighted by Gasteiger charge is -2.18. The van der Waals surface area contributed by atoms with Gasteiger partial charge in [-0.3, -0.25) is 14.4 Å². The Labute approximate surface area is 461 Å². The molecule has 1 unspecified atom stereocenters. The van der Waals surface area contributed by atoms with Crippen LogP contribution >= 0.6 is 0 Å². The molecule has 0 rings (SSSR count). The predicted octanol–water partition coefficient (Wildman–Crippen LogP) is 20.8. The molecular formula is C69H110O6. The van der Waals surface area contributed by atoms with Crippen LogP contribution in [0.3, 0.4) is 0 Å². The second kappa shape index (κ2) is 61.8. The molecule has 6 heteroatoms. The third-order valence-electron chi connectivity index (χ3n) is 12.3. The Bertz CT molecular complexity index is 1660. The van der Waals surface area contributed by atoms with Crippen molar-refractivity contribution in [1.29, 1.82) is 0 Å². The molecule has 0 amide bonds. The molecule has 0 aromatic carbocycles. The quantitative estimate of drug-likeness (QED) is 0.0261. The fourth-order valence-electron chi connectivity index (χ4n) is 7.89. The van der Waals surface area contributed by atoms with Gasteiger partial charge in [-0.05, 0) is 135 Å². The molecule has 0 bridgehead atoms. The summed E-state index contributed by atoms with van der Waals surface area (Å²) in [6, 6.07) is 0. The van der Waals surface area contributed by atoms with E-state index in [0.29, 0.717) is 19.3 Å². The van der Waals surface area contributed by atoms with E-state index in [2.05, 4.69) is 167 Å². The molecule has 0 aromatic rings. The molecule has 75 heavy (non-hydrogen) atoms. The zero-order chi connectivity index (χ0) is 54.3. The lowest BCUT2D eigenvalue weighted by molar-refractivity contribution is -0.167. The Morgan fingerprint density at radius 1 is 0.267 bits per heavy atom. The summed E-state index contributed by atoms with van der Waals surface area (Å²) in [4.78, 5) is 38.3. The molecule has 6 nitrogen and oxygen atoms in total. The van der Waals surface area contributed by atoms with E-state index in [1.54, 1.807) is 0 Å². The zero-order valence-corrected chi connectivity index (χ0v) is 48.3. The maximum absolute atomic E-state index is 12.9. The van der Waals surface area contributed by atoms with E-state index < -0.39 is 6.10 Å². The Kier molecular flexibility index (Phi) is 58.0. The van der Waals surface area contributed by atoms with Gasteiger partial charge >= 0.3 is 17.9 Å². The number of hydrogen-bond donors (Lipinski definition) is 0. The van der Waals surface area contributed by atoms with Crippen molar-refractivity contribution < 1.29 is 28.6 Å². The Balaban J connectivity index is 4.48. The molecule has 0 saturated carbocycles. The average Bonchev–Trinajstić information content (AvgIpc) is 3.41. The number of hydrogen-bond acceptors (Lipinski definition) is 6. The second-order valence-electron chi connectivity index (χ2n) is 19.5. The minimum absolute atomic E-state index is 0.102. The number of carbonyl (C=O) groups is 3. The minimum Gasteiger partial charge on any atom is -0.462 e. The first-order valence-electron chi connectivity index (χ1n) is 30.3. The molecule has 0 spiro atoms. The molecule has 1 atom stereocenters. The van der Waals surface area contributed by atoms with Crippen molar-refractivity contribution in [3.63, 3.8) is 0 Å². The van der Waals surface area contributed by atoms with Crippen molar-refractivity contribution in [1.82, 2.24) is 0 Å². The Morgan fingerprint density at radius 2 is 0.480 bits per heavy atom. The number of ether oxygens (including phenoxy) is 3. The van der Waals surface area contributed by atoms with E-state index in [1.807, 2.05) is 0 Å². The van der Waals surface area contributed by atoms with Crippen LogP contribution in [-0.4, -0.2) is 37.2 Å². The van der Waals surface area contributed by atoms with Crippen LogP contribution in [0.15, 0.2) is 146 Å². The van der Waals surface area contributed by atoms with E-state index in [-0.39, 0.29) is 31.1 Å². The topological polar surface area (TPSA) is 78.9 Å². The van der Waals surface area contributed by atoms with E-state index in [1.165, 1.54) is 32.1 Å². The predicted molar refractivity (Wildman–Crippen MR) is 325 cm³/mol. The first kappa shape index (κ1) is 70.3. The van der Waals surface area contributed by atoms with E-state index in [0.717, 1.165) is 180 Å². The number of allylic oxidation sites excluding steroid dienone is 24. The summed E-state index contributed by atoms with van der Waals surface area (Å²) in [5, 5.41) is 0. The summed E-state index contributed by atoms with van der Waals surface area (Å²) >= 11 is 0. The molecule has 0 aliphatic rings. The van der Waals surface area contributed by atoms with Gasteiger partial charge in [-0.25, -0.2) is 0 Å². The number of esters is 3. The van der Waals surface area contributed by atoms with Crippen molar-refractivity contribution in [3.8, 4) is 0 Å². The van der Waals surface area contributed by atoms with Gasteiger partial charge in [0.25, 0.3) is 0 Å². The normalized spacial score (nSPS) is 13.2. The average molecular weight is 1040 g/mol. The molecule has 0 saturated heterocycles. The van der Waals surface area contributed by atoms with Gasteiger partial charge in [0.05, 0.1) is 0 Å². The van der Waals surface area contributed by atoms with Gasteiger partial charge in [-0.2, -0.15) is 0 Å². The number of unbranched alkanes of at least 4 members (excludes halogenated alkanes) is 18. The molecule has 0 heterocycles. The standard InChI is InChI=1S/C69H110O6/c1-4-7-10-13-16-19-22-25-28-30-32-34-36-38-41-44-47-50-53-56-59-62-68(71)74-65-66(64-73-67(70)61-58-55-52-49-46-43-40-27-24-21-18-15-12-9-6-3)75-69(72)63-60-57-54-51-48-45-42-39-37-35-33-31-29-26-23-20-17-14-11-8-5-2/h7-12,16-21,25-29,32-35,38,40-41,66H,4-6,13-15,22-24,30-31,36-37,39,42-65H2,1-3H3/b10-7-,11-8-,12-9-,19-16-,20-17-,21-18-,28-25-,29-26-,34-32-,35-33-,40-27-,41-38-. The molecule has 0 N–H and O–H groups in total. The molecule has 0 fully saturated rings. The summed E-state index contributed by atoms with van der Waals surface area (Å²) in [5.41, 5.74) is 0. The van der Waals surface area contributed by atoms with Crippen LogP contribution in [0.2, 0.25) is 0 Å². The first-order chi connectivity index (χ1) is 37.0. The summed E-state index contributed by atoms with van der Waals surface area (Å²) in [5.74, 6) is -0.947. The van der Waals surface area contributed by atoms with E-state index in [9.17, 15) is 14.4 Å². The van der Waals surface area contributed by atoms with Crippen molar-refractivity contribution >= 4 is 17.9 Å². The maximum Gasteiger partial charge on any atom is 0.306 e. The van der Waals surface area contributed by atoms with Crippen LogP contribution in [0.5, 0.6) is 0 Å². The van der Waals surface area contributed by atoms with E-state index >= 15 is 0 Å². The number of rotatable bonds is 53. The van der Waals surface area contributed by atoms with Crippen LogP contribution in [0, 0.1) is 0 Å². The fourth-order valence-corrected chi connectivity index (χ4v) is 7.89. The summed E-state index contributed by atoms with van der Waals surface area (Å²) in [7, 11) is 0. The van der Waals surface area contributed by atoms with E-state index in [4.69, 9.17) is 14.2 Å². The maximum atomic E-state index is 12.9. The molecule has 0 aliphatic carbocycles. The Hall–Kier alpha value is -4.71. The van der Waals surface area contributed by atoms with Gasteiger partial charge in [0, 0.05) is 19.3 Å². The summed E-state index contributed by atoms with van der Waals surface area (Å²) in [6.45, 7) is 6.26. The van der Waals surface area contributed by atoms with Gasteiger partial charge in [0.1, 0.15) is 13.2 Å². The van der Waals surface area contributed by atoms with Crippen LogP contribution in [0.4, 0.5) is 0 Å². The van der Waals surface area contributed by atoms with Gasteiger partial charge in [-0.15, -0.1) is 0 Å². The van der Waals surface area contributed by atoms with Gasteiger partial charge < -0.3 is 14.2 Å². The van der Waals surface area contributed by atoms with Gasteiger partial charge in [0.2, 0.25) is 0 Å². The molecular weight excluding hydrogens is 925 g/mol. The molecule has 0 aliphatic heterocycles. The van der Waals surface area contributed by atoms with Crippen LogP contribution < -0.4 is 0 Å². The van der Waals surface area contributed by atoms with Crippen molar-refractivity contribution in [2.75, 3.05) is 13.2 Å². The largest absolute Gasteiger partial charge is 0.462 e. The Morgan fingerprint density at radius 3 is 0.747 bits per heavy atom. The summed E-state index contributed by atoms with van der Waals surface area (Å²) in [6.07, 6.45) is 88.3. The highest BCUT2D eigenvalue weighted by Gasteiger charge is 2.19. The highest BCUT2D eigenvalue weighted by atomic mass is 16.6. The van der Waals surface area contributed by atoms with Crippen molar-refractivity contribution in [3.05, 3.63) is 146 Å². The molecule has 0 aromatic heterocycles. The first-order valence-corrected chi connectivity index (χ1v) is 30.3. The van der Waals surface area contributed by atoms with Crippen LogP contribution in [0.1, 0.15) is 252 Å². The second-order valence-corrected chi connectivity index (χ2v) is 19.5. The van der Waals surface area contributed by atoms with Crippen molar-refractivity contribution in [2.45, 2.75) is 258 Å². The molecule has 422 valence electrons. The third-order valence-corrected chi connectivity index (χ3v) is 12.3. The monoisotopic (exact) mass is 1030 g/mol. The molecule has 0 radical (unpaired) electrons. The highest BCUT2D eigenvalue weighted by molar-refractivity contribution is 5.71. The highest BCUT2D eigenvalue weighted by Crippen LogP contribution is 2.14. The summed E-state index contributed by atoms with van der Waals surface area (Å²) < 4.78 is 16.9. The van der Waals surface area contributed by atoms with Crippen LogP contribution in [-0.2, 0) is 28.6 Å².